The second-order valence-electron chi connectivity index (χ2n) is 3.21. The Hall–Kier alpha value is -2.57. The van der Waals surface area contributed by atoms with E-state index in [1.165, 1.54) is 10.9 Å². The molecule has 2 aromatic rings. The number of aliphatic carboxylic acids is 1. The Bertz CT molecular complexity index is 587. The molecular formula is C10H9N3O4. The van der Waals surface area contributed by atoms with Gasteiger partial charge in [-0.1, -0.05) is 6.07 Å². The third-order valence-corrected chi connectivity index (χ3v) is 2.01. The van der Waals surface area contributed by atoms with E-state index in [0.717, 1.165) is 0 Å². The highest BCUT2D eigenvalue weighted by atomic mass is 16.5. The number of ether oxygens (including phenoxy) is 1. The van der Waals surface area contributed by atoms with Crippen molar-refractivity contribution in [1.29, 1.82) is 0 Å². The summed E-state index contributed by atoms with van der Waals surface area (Å²) in [5.74, 6) is -0.686. The lowest BCUT2D eigenvalue weighted by Gasteiger charge is -2.05. The number of benzene rings is 1. The lowest BCUT2D eigenvalue weighted by atomic mass is 10.3. The highest BCUT2D eigenvalue weighted by Crippen LogP contribution is 2.15. The Labute approximate surface area is 95.3 Å². The second kappa shape index (κ2) is 4.52. The SMILES string of the molecule is O=C(O)COc1cccc(-n2cn[nH]c2=O)c1. The zero-order valence-electron chi connectivity index (χ0n) is 8.66. The van der Waals surface area contributed by atoms with Gasteiger partial charge in [0.15, 0.2) is 6.61 Å². The Kier molecular flexibility index (Phi) is 2.91. The van der Waals surface area contributed by atoms with Crippen LogP contribution in [-0.4, -0.2) is 32.4 Å². The molecule has 88 valence electrons. The number of nitrogens with zero attached hydrogens (tertiary/aromatic N) is 2. The average molecular weight is 235 g/mol. The second-order valence-corrected chi connectivity index (χ2v) is 3.21. The summed E-state index contributed by atoms with van der Waals surface area (Å²) in [4.78, 5) is 21.7. The number of nitrogens with one attached hydrogen (secondary N) is 1. The number of rotatable bonds is 4. The molecule has 7 nitrogen and oxygen atoms in total. The molecule has 0 aliphatic carbocycles. The van der Waals surface area contributed by atoms with Gasteiger partial charge in [-0.25, -0.2) is 19.3 Å². The highest BCUT2D eigenvalue weighted by Gasteiger charge is 2.04. The molecule has 7 heteroatoms. The predicted octanol–water partition coefficient (Wildman–Crippen LogP) is 0.0240. The molecule has 0 unspecified atom stereocenters. The highest BCUT2D eigenvalue weighted by molar-refractivity contribution is 5.68. The van der Waals surface area contributed by atoms with Crippen molar-refractivity contribution < 1.29 is 14.6 Å². The third-order valence-electron chi connectivity index (χ3n) is 2.01. The van der Waals surface area contributed by atoms with Gasteiger partial charge in [0.2, 0.25) is 0 Å². The van der Waals surface area contributed by atoms with Crippen LogP contribution in [0.4, 0.5) is 0 Å². The Morgan fingerprint density at radius 1 is 1.53 bits per heavy atom. The Morgan fingerprint density at radius 2 is 2.35 bits per heavy atom. The van der Waals surface area contributed by atoms with Crippen molar-refractivity contribution in [2.45, 2.75) is 0 Å². The molecule has 0 bridgehead atoms. The number of carboxylic acid groups (broad SMARTS) is 1. The molecule has 2 rings (SSSR count). The van der Waals surface area contributed by atoms with Gasteiger partial charge in [0.1, 0.15) is 12.1 Å². The summed E-state index contributed by atoms with van der Waals surface area (Å²) in [6.45, 7) is -0.427. The number of aromatic nitrogens is 3. The van der Waals surface area contributed by atoms with Crippen LogP contribution in [0.25, 0.3) is 5.69 Å². The minimum atomic E-state index is -1.06. The summed E-state index contributed by atoms with van der Waals surface area (Å²) < 4.78 is 6.29. The van der Waals surface area contributed by atoms with E-state index in [9.17, 15) is 9.59 Å². The van der Waals surface area contributed by atoms with Gasteiger partial charge >= 0.3 is 11.7 Å². The summed E-state index contributed by atoms with van der Waals surface area (Å²) >= 11 is 0. The van der Waals surface area contributed by atoms with Gasteiger partial charge in [-0.15, -0.1) is 0 Å². The van der Waals surface area contributed by atoms with Crippen molar-refractivity contribution in [3.8, 4) is 11.4 Å². The summed E-state index contributed by atoms with van der Waals surface area (Å²) in [5, 5.41) is 14.3. The molecule has 0 atom stereocenters. The van der Waals surface area contributed by atoms with E-state index in [2.05, 4.69) is 10.2 Å². The molecule has 0 aliphatic rings. The summed E-state index contributed by atoms with van der Waals surface area (Å²) in [6.07, 6.45) is 1.33. The molecule has 0 saturated carbocycles. The molecular weight excluding hydrogens is 226 g/mol. The van der Waals surface area contributed by atoms with Crippen molar-refractivity contribution >= 4 is 5.97 Å². The van der Waals surface area contributed by atoms with Crippen molar-refractivity contribution in [3.05, 3.63) is 41.1 Å². The minimum absolute atomic E-state index is 0.373. The first-order valence-electron chi connectivity index (χ1n) is 4.74. The fraction of sp³-hybridized carbons (Fsp3) is 0.100. The molecule has 0 aliphatic heterocycles. The van der Waals surface area contributed by atoms with Crippen LogP contribution in [0.1, 0.15) is 0 Å². The van der Waals surface area contributed by atoms with E-state index in [-0.39, 0.29) is 5.69 Å². The normalized spacial score (nSPS) is 10.1. The zero-order valence-corrected chi connectivity index (χ0v) is 8.66. The van der Waals surface area contributed by atoms with Crippen LogP contribution < -0.4 is 10.4 Å². The van der Waals surface area contributed by atoms with Crippen molar-refractivity contribution in [1.82, 2.24) is 14.8 Å². The van der Waals surface area contributed by atoms with Gasteiger partial charge < -0.3 is 9.84 Å². The van der Waals surface area contributed by atoms with Crippen LogP contribution in [0.5, 0.6) is 5.75 Å². The lowest BCUT2D eigenvalue weighted by molar-refractivity contribution is -0.139. The van der Waals surface area contributed by atoms with Gasteiger partial charge in [0.25, 0.3) is 0 Å². The fourth-order valence-corrected chi connectivity index (χ4v) is 1.30. The molecule has 1 aromatic carbocycles. The number of hydrogen-bond donors (Lipinski definition) is 2. The monoisotopic (exact) mass is 235 g/mol. The summed E-state index contributed by atoms with van der Waals surface area (Å²) in [7, 11) is 0. The van der Waals surface area contributed by atoms with Crippen LogP contribution in [-0.2, 0) is 4.79 Å². The zero-order chi connectivity index (χ0) is 12.3. The standard InChI is InChI=1S/C10H9N3O4/c14-9(15)5-17-8-3-1-2-7(4-8)13-6-11-12-10(13)16/h1-4,6H,5H2,(H,12,16)(H,14,15). The molecule has 0 fully saturated rings. The predicted molar refractivity (Wildman–Crippen MR) is 57.3 cm³/mol. The van der Waals surface area contributed by atoms with E-state index in [1.807, 2.05) is 0 Å². The smallest absolute Gasteiger partial charge is 0.347 e. The number of H-pyrrole nitrogens is 1. The van der Waals surface area contributed by atoms with Crippen LogP contribution in [0.2, 0.25) is 0 Å². The van der Waals surface area contributed by atoms with Gasteiger partial charge in [-0.05, 0) is 12.1 Å². The Balaban J connectivity index is 2.26. The van der Waals surface area contributed by atoms with Crippen molar-refractivity contribution in [3.63, 3.8) is 0 Å². The van der Waals surface area contributed by atoms with Gasteiger partial charge in [0.05, 0.1) is 5.69 Å². The van der Waals surface area contributed by atoms with Crippen molar-refractivity contribution in [2.24, 2.45) is 0 Å². The lowest BCUT2D eigenvalue weighted by Crippen LogP contribution is -2.14. The van der Waals surface area contributed by atoms with Gasteiger partial charge in [-0.3, -0.25) is 0 Å². The topological polar surface area (TPSA) is 97.2 Å². The van der Waals surface area contributed by atoms with Gasteiger partial charge in [0, 0.05) is 6.07 Å². The molecule has 17 heavy (non-hydrogen) atoms. The molecule has 1 heterocycles. The molecule has 0 spiro atoms. The third kappa shape index (κ3) is 2.51. The van der Waals surface area contributed by atoms with E-state index in [0.29, 0.717) is 11.4 Å². The van der Waals surface area contributed by atoms with Gasteiger partial charge in [-0.2, -0.15) is 5.10 Å². The van der Waals surface area contributed by atoms with E-state index in [1.54, 1.807) is 24.3 Å². The average Bonchev–Trinajstić information content (AvgIpc) is 2.73. The van der Waals surface area contributed by atoms with Crippen LogP contribution in [0, 0.1) is 0 Å². The summed E-state index contributed by atoms with van der Waals surface area (Å²) in [5.41, 5.74) is 0.173. The maximum Gasteiger partial charge on any atom is 0.347 e. The number of hydrogen-bond acceptors (Lipinski definition) is 4. The molecule has 1 aromatic heterocycles. The maximum atomic E-state index is 11.3. The quantitative estimate of drug-likeness (QED) is 0.778. The first kappa shape index (κ1) is 10.9. The fourth-order valence-electron chi connectivity index (χ4n) is 1.30. The molecule has 0 saturated heterocycles. The summed E-state index contributed by atoms with van der Waals surface area (Å²) in [6, 6.07) is 6.51. The number of carboxylic acids is 1. The first-order valence-corrected chi connectivity index (χ1v) is 4.74. The molecule has 0 radical (unpaired) electrons. The maximum absolute atomic E-state index is 11.3. The van der Waals surface area contributed by atoms with E-state index < -0.39 is 12.6 Å². The molecule has 2 N–H and O–H groups in total. The van der Waals surface area contributed by atoms with Crippen LogP contribution >= 0.6 is 0 Å². The Morgan fingerprint density at radius 3 is 3.00 bits per heavy atom. The number of carbonyl (C=O) groups is 1. The molecule has 0 amide bonds. The first-order chi connectivity index (χ1) is 8.16. The number of aromatic amines is 1. The van der Waals surface area contributed by atoms with E-state index >= 15 is 0 Å². The van der Waals surface area contributed by atoms with Crippen LogP contribution in [0.15, 0.2) is 35.4 Å². The van der Waals surface area contributed by atoms with E-state index in [4.69, 9.17) is 9.84 Å². The van der Waals surface area contributed by atoms with Crippen LogP contribution in [0.3, 0.4) is 0 Å². The largest absolute Gasteiger partial charge is 0.482 e. The van der Waals surface area contributed by atoms with Crippen molar-refractivity contribution in [2.75, 3.05) is 6.61 Å². The minimum Gasteiger partial charge on any atom is -0.482 e.